The van der Waals surface area contributed by atoms with Crippen LogP contribution in [0, 0.1) is 5.82 Å². The number of nitrogens with zero attached hydrogens (tertiary/aromatic N) is 3. The minimum absolute atomic E-state index is 0.154. The molecule has 4 aromatic rings. The lowest BCUT2D eigenvalue weighted by Gasteiger charge is -1.93. The van der Waals surface area contributed by atoms with Crippen LogP contribution in [-0.4, -0.2) is 15.1 Å². The molecule has 4 rings (SSSR count). The number of H-pyrrole nitrogens is 1. The first-order valence-electron chi connectivity index (χ1n) is 7.13. The van der Waals surface area contributed by atoms with E-state index in [1.807, 2.05) is 35.7 Å². The third kappa shape index (κ3) is 2.65. The van der Waals surface area contributed by atoms with Gasteiger partial charge >= 0.3 is 0 Å². The predicted octanol–water partition coefficient (Wildman–Crippen LogP) is 5.55. The standard InChI is InChI=1S/C17H11FN4OS/c18-11-6-7-13-12(8-11)15(16(23)19-13)21-22-17-20-14(9-24-17)10-4-2-1-3-5-10/h1-9,19,23H. The van der Waals surface area contributed by atoms with Crippen molar-refractivity contribution in [3.05, 3.63) is 59.7 Å². The van der Waals surface area contributed by atoms with Gasteiger partial charge < -0.3 is 10.1 Å². The fourth-order valence-electron chi connectivity index (χ4n) is 2.38. The van der Waals surface area contributed by atoms with Crippen LogP contribution in [0.3, 0.4) is 0 Å². The average molecular weight is 338 g/mol. The number of fused-ring (bicyclic) bond motifs is 1. The summed E-state index contributed by atoms with van der Waals surface area (Å²) in [6, 6.07) is 13.9. The van der Waals surface area contributed by atoms with E-state index in [0.29, 0.717) is 16.0 Å². The Kier molecular flexibility index (Phi) is 3.55. The lowest BCUT2D eigenvalue weighted by molar-refractivity contribution is 0.459. The Bertz CT molecular complexity index is 1040. The first-order valence-corrected chi connectivity index (χ1v) is 8.01. The van der Waals surface area contributed by atoms with E-state index < -0.39 is 5.82 Å². The summed E-state index contributed by atoms with van der Waals surface area (Å²) in [6.45, 7) is 0. The van der Waals surface area contributed by atoms with Crippen molar-refractivity contribution in [2.45, 2.75) is 0 Å². The fourth-order valence-corrected chi connectivity index (χ4v) is 3.03. The Morgan fingerprint density at radius 3 is 2.75 bits per heavy atom. The monoisotopic (exact) mass is 338 g/mol. The lowest BCUT2D eigenvalue weighted by atomic mass is 10.2. The second-order valence-corrected chi connectivity index (χ2v) is 5.93. The summed E-state index contributed by atoms with van der Waals surface area (Å²) in [5, 5.41) is 20.9. The van der Waals surface area contributed by atoms with Crippen molar-refractivity contribution >= 4 is 33.1 Å². The van der Waals surface area contributed by atoms with E-state index in [0.717, 1.165) is 11.3 Å². The van der Waals surface area contributed by atoms with E-state index in [2.05, 4.69) is 20.2 Å². The molecule has 0 bridgehead atoms. The number of azo groups is 1. The van der Waals surface area contributed by atoms with Crippen molar-refractivity contribution in [1.29, 1.82) is 0 Å². The molecule has 2 N–H and O–H groups in total. The van der Waals surface area contributed by atoms with Gasteiger partial charge in [-0.15, -0.1) is 21.6 Å². The molecule has 7 heteroatoms. The van der Waals surface area contributed by atoms with E-state index in [9.17, 15) is 9.50 Å². The van der Waals surface area contributed by atoms with Crippen molar-refractivity contribution in [2.24, 2.45) is 10.2 Å². The molecule has 118 valence electrons. The van der Waals surface area contributed by atoms with Gasteiger partial charge in [-0.1, -0.05) is 30.3 Å². The molecule has 2 aromatic carbocycles. The number of aromatic nitrogens is 2. The minimum atomic E-state index is -0.404. The van der Waals surface area contributed by atoms with E-state index >= 15 is 0 Å². The van der Waals surface area contributed by atoms with Gasteiger partial charge in [-0.3, -0.25) is 0 Å². The number of nitrogens with one attached hydrogen (secondary N) is 1. The molecule has 2 heterocycles. The number of rotatable bonds is 3. The number of halogens is 1. The number of hydrogen-bond donors (Lipinski definition) is 2. The number of aromatic hydroxyl groups is 1. The highest BCUT2D eigenvalue weighted by Gasteiger charge is 2.11. The van der Waals surface area contributed by atoms with Gasteiger partial charge in [0.2, 0.25) is 11.0 Å². The quantitative estimate of drug-likeness (QED) is 0.480. The third-order valence-corrected chi connectivity index (χ3v) is 4.24. The van der Waals surface area contributed by atoms with E-state index in [1.54, 1.807) is 6.07 Å². The van der Waals surface area contributed by atoms with Crippen LogP contribution in [0.15, 0.2) is 64.1 Å². The van der Waals surface area contributed by atoms with E-state index in [1.165, 1.54) is 23.5 Å². The van der Waals surface area contributed by atoms with Crippen LogP contribution >= 0.6 is 11.3 Å². The summed E-state index contributed by atoms with van der Waals surface area (Å²) >= 11 is 1.34. The van der Waals surface area contributed by atoms with E-state index in [-0.39, 0.29) is 11.6 Å². The van der Waals surface area contributed by atoms with Gasteiger partial charge in [-0.05, 0) is 18.2 Å². The van der Waals surface area contributed by atoms with E-state index in [4.69, 9.17) is 0 Å². The largest absolute Gasteiger partial charge is 0.493 e. The first-order chi connectivity index (χ1) is 11.7. The Morgan fingerprint density at radius 1 is 1.08 bits per heavy atom. The Labute approximate surface area is 140 Å². The zero-order valence-electron chi connectivity index (χ0n) is 12.3. The molecular weight excluding hydrogens is 327 g/mol. The highest BCUT2D eigenvalue weighted by Crippen LogP contribution is 2.37. The maximum atomic E-state index is 13.4. The summed E-state index contributed by atoms with van der Waals surface area (Å²) in [6.07, 6.45) is 0. The minimum Gasteiger partial charge on any atom is -0.493 e. The molecule has 0 atom stereocenters. The smallest absolute Gasteiger partial charge is 0.230 e. The van der Waals surface area contributed by atoms with Crippen molar-refractivity contribution in [2.75, 3.05) is 0 Å². The van der Waals surface area contributed by atoms with Crippen LogP contribution in [0.5, 0.6) is 5.88 Å². The van der Waals surface area contributed by atoms with Crippen molar-refractivity contribution < 1.29 is 9.50 Å². The van der Waals surface area contributed by atoms with Crippen molar-refractivity contribution in [1.82, 2.24) is 9.97 Å². The van der Waals surface area contributed by atoms with Crippen LogP contribution in [0.25, 0.3) is 22.2 Å². The zero-order valence-corrected chi connectivity index (χ0v) is 13.1. The van der Waals surface area contributed by atoms with Gasteiger partial charge in [0.05, 0.1) is 11.2 Å². The molecule has 24 heavy (non-hydrogen) atoms. The van der Waals surface area contributed by atoms with Gasteiger partial charge in [-0.2, -0.15) is 0 Å². The van der Waals surface area contributed by atoms with Gasteiger partial charge in [0.1, 0.15) is 5.82 Å². The van der Waals surface area contributed by atoms with Crippen LogP contribution in [0.2, 0.25) is 0 Å². The molecule has 0 unspecified atom stereocenters. The van der Waals surface area contributed by atoms with Gasteiger partial charge in [-0.25, -0.2) is 9.37 Å². The van der Waals surface area contributed by atoms with Crippen molar-refractivity contribution in [3.8, 4) is 17.1 Å². The second kappa shape index (κ2) is 5.86. The molecule has 0 spiro atoms. The molecule has 0 aliphatic rings. The van der Waals surface area contributed by atoms with Gasteiger partial charge in [0.25, 0.3) is 0 Å². The number of benzene rings is 2. The zero-order chi connectivity index (χ0) is 16.5. The normalized spacial score (nSPS) is 11.5. The SMILES string of the molecule is Oc1[nH]c2ccc(F)cc2c1N=Nc1nc(-c2ccccc2)cs1. The van der Waals surface area contributed by atoms with Crippen LogP contribution in [0.1, 0.15) is 0 Å². The molecule has 0 fully saturated rings. The van der Waals surface area contributed by atoms with Crippen LogP contribution in [0.4, 0.5) is 15.2 Å². The van der Waals surface area contributed by atoms with Gasteiger partial charge in [0.15, 0.2) is 5.69 Å². The van der Waals surface area contributed by atoms with Crippen molar-refractivity contribution in [3.63, 3.8) is 0 Å². The number of thiazole rings is 1. The fraction of sp³-hybridized carbons (Fsp3) is 0. The second-order valence-electron chi connectivity index (χ2n) is 5.09. The lowest BCUT2D eigenvalue weighted by Crippen LogP contribution is -1.74. The molecule has 0 saturated heterocycles. The molecule has 5 nitrogen and oxygen atoms in total. The Morgan fingerprint density at radius 2 is 1.92 bits per heavy atom. The number of aromatic amines is 1. The predicted molar refractivity (Wildman–Crippen MR) is 91.6 cm³/mol. The Hall–Kier alpha value is -3.06. The molecule has 2 aromatic heterocycles. The maximum Gasteiger partial charge on any atom is 0.230 e. The molecular formula is C17H11FN4OS. The molecule has 0 amide bonds. The number of hydrogen-bond acceptors (Lipinski definition) is 5. The Balaban J connectivity index is 1.68. The summed E-state index contributed by atoms with van der Waals surface area (Å²) in [7, 11) is 0. The summed E-state index contributed by atoms with van der Waals surface area (Å²) < 4.78 is 13.4. The third-order valence-electron chi connectivity index (χ3n) is 3.51. The molecule has 0 aliphatic carbocycles. The van der Waals surface area contributed by atoms with Crippen LogP contribution < -0.4 is 0 Å². The summed E-state index contributed by atoms with van der Waals surface area (Å²) in [4.78, 5) is 7.14. The summed E-state index contributed by atoms with van der Waals surface area (Å²) in [5.74, 6) is -0.558. The average Bonchev–Trinajstić information content (AvgIpc) is 3.18. The topological polar surface area (TPSA) is 73.6 Å². The molecule has 0 saturated carbocycles. The summed E-state index contributed by atoms with van der Waals surface area (Å²) in [5.41, 5.74) is 2.59. The molecule has 0 radical (unpaired) electrons. The first kappa shape index (κ1) is 14.5. The highest BCUT2D eigenvalue weighted by molar-refractivity contribution is 7.13. The van der Waals surface area contributed by atoms with Gasteiger partial charge in [0, 0.05) is 16.3 Å². The maximum absolute atomic E-state index is 13.4. The highest BCUT2D eigenvalue weighted by atomic mass is 32.1. The molecule has 0 aliphatic heterocycles. The van der Waals surface area contributed by atoms with Crippen LogP contribution in [-0.2, 0) is 0 Å².